The van der Waals surface area contributed by atoms with E-state index in [1.54, 1.807) is 0 Å². The molecule has 0 aliphatic carbocycles. The normalized spacial score (nSPS) is 26.8. The number of imide groups is 1. The molecule has 1 spiro atoms. The van der Waals surface area contributed by atoms with E-state index >= 15 is 0 Å². The van der Waals surface area contributed by atoms with Crippen molar-refractivity contribution in [2.24, 2.45) is 5.73 Å². The van der Waals surface area contributed by atoms with Crippen molar-refractivity contribution < 1.29 is 23.5 Å². The number of ether oxygens (including phenoxy) is 1. The van der Waals surface area contributed by atoms with Gasteiger partial charge in [0.2, 0.25) is 0 Å². The number of carbonyl (C=O) groups is 3. The van der Waals surface area contributed by atoms with Crippen molar-refractivity contribution in [2.75, 3.05) is 5.73 Å². The van der Waals surface area contributed by atoms with Crippen molar-refractivity contribution in [1.82, 2.24) is 10.6 Å². The Morgan fingerprint density at radius 2 is 2.14 bits per heavy atom. The number of fused-ring (bicyclic) bond motifs is 2. The Balaban J connectivity index is 2.24. The lowest BCUT2D eigenvalue weighted by molar-refractivity contribution is -0.130. The van der Waals surface area contributed by atoms with Crippen molar-refractivity contribution in [2.45, 2.75) is 18.1 Å². The van der Waals surface area contributed by atoms with Gasteiger partial charge in [0, 0.05) is 18.1 Å². The van der Waals surface area contributed by atoms with E-state index in [0.717, 1.165) is 12.1 Å². The van der Waals surface area contributed by atoms with Gasteiger partial charge in [0.25, 0.3) is 11.8 Å². The lowest BCUT2D eigenvalue weighted by Gasteiger charge is -2.36. The second-order valence-electron chi connectivity index (χ2n) is 4.90. The van der Waals surface area contributed by atoms with Gasteiger partial charge in [-0.05, 0) is 6.07 Å². The van der Waals surface area contributed by atoms with Crippen LogP contribution in [0, 0.1) is 5.82 Å². The van der Waals surface area contributed by atoms with E-state index in [1.807, 2.05) is 0 Å². The van der Waals surface area contributed by atoms with Crippen LogP contribution in [-0.4, -0.2) is 23.9 Å². The standard InChI is InChI=1S/C12H11FN4O4/c13-4-1-5-8(6(14)2-4)21-7(9(15)18)3-12(5)10(19)16-11(20)17-12/h1-2,7H,3,14H2,(H2,15,18)(H2,16,17,19,20). The molecule has 0 bridgehead atoms. The molecule has 4 amide bonds. The molecule has 2 atom stereocenters. The molecule has 9 heteroatoms. The van der Waals surface area contributed by atoms with Gasteiger partial charge in [-0.1, -0.05) is 0 Å². The number of benzene rings is 1. The Hall–Kier alpha value is -2.84. The summed E-state index contributed by atoms with van der Waals surface area (Å²) in [6, 6.07) is 1.28. The minimum Gasteiger partial charge on any atom is -0.478 e. The maximum Gasteiger partial charge on any atom is 0.322 e. The monoisotopic (exact) mass is 294 g/mol. The Bertz CT molecular complexity index is 692. The molecule has 0 aromatic heterocycles. The molecule has 8 nitrogen and oxygen atoms in total. The molecule has 2 aliphatic rings. The minimum absolute atomic E-state index is 0.0381. The van der Waals surface area contributed by atoms with E-state index in [1.165, 1.54) is 0 Å². The summed E-state index contributed by atoms with van der Waals surface area (Å²) in [5.41, 5.74) is 9.22. The fourth-order valence-electron chi connectivity index (χ4n) is 2.62. The van der Waals surface area contributed by atoms with Crippen molar-refractivity contribution in [3.05, 3.63) is 23.5 Å². The summed E-state index contributed by atoms with van der Waals surface area (Å²) in [7, 11) is 0. The summed E-state index contributed by atoms with van der Waals surface area (Å²) in [6.45, 7) is 0. The van der Waals surface area contributed by atoms with E-state index < -0.39 is 35.3 Å². The number of primary amides is 1. The molecular weight excluding hydrogens is 283 g/mol. The summed E-state index contributed by atoms with van der Waals surface area (Å²) in [4.78, 5) is 35.0. The van der Waals surface area contributed by atoms with Crippen LogP contribution in [0.2, 0.25) is 0 Å². The number of halogens is 1. The van der Waals surface area contributed by atoms with Gasteiger partial charge in [-0.25, -0.2) is 9.18 Å². The highest BCUT2D eigenvalue weighted by Gasteiger charge is 2.54. The largest absolute Gasteiger partial charge is 0.478 e. The second kappa shape index (κ2) is 4.08. The Kier molecular flexibility index (Phi) is 2.55. The Morgan fingerprint density at radius 3 is 2.71 bits per heavy atom. The zero-order valence-electron chi connectivity index (χ0n) is 10.6. The first-order valence-electron chi connectivity index (χ1n) is 6.02. The maximum absolute atomic E-state index is 13.6. The van der Waals surface area contributed by atoms with E-state index in [0.29, 0.717) is 0 Å². The predicted octanol–water partition coefficient (Wildman–Crippen LogP) is -0.921. The number of nitrogen functional groups attached to an aromatic ring is 1. The fraction of sp³-hybridized carbons (Fsp3) is 0.250. The number of hydrogen-bond acceptors (Lipinski definition) is 5. The highest BCUT2D eigenvalue weighted by Crippen LogP contribution is 2.44. The number of amides is 4. The number of nitrogens with one attached hydrogen (secondary N) is 2. The van der Waals surface area contributed by atoms with Crippen LogP contribution in [0.15, 0.2) is 12.1 Å². The molecule has 1 saturated heterocycles. The average molecular weight is 294 g/mol. The van der Waals surface area contributed by atoms with E-state index in [4.69, 9.17) is 16.2 Å². The zero-order chi connectivity index (χ0) is 15.4. The lowest BCUT2D eigenvalue weighted by atomic mass is 9.81. The molecule has 1 fully saturated rings. The highest BCUT2D eigenvalue weighted by atomic mass is 19.1. The van der Waals surface area contributed by atoms with Gasteiger partial charge in [0.15, 0.2) is 11.6 Å². The van der Waals surface area contributed by atoms with Crippen molar-refractivity contribution in [1.29, 1.82) is 0 Å². The third-order valence-electron chi connectivity index (χ3n) is 3.55. The zero-order valence-corrected chi connectivity index (χ0v) is 10.6. The van der Waals surface area contributed by atoms with Crippen LogP contribution in [0.3, 0.4) is 0 Å². The van der Waals surface area contributed by atoms with E-state index in [-0.39, 0.29) is 23.4 Å². The minimum atomic E-state index is -1.62. The van der Waals surface area contributed by atoms with Crippen molar-refractivity contribution in [3.8, 4) is 5.75 Å². The molecule has 2 aliphatic heterocycles. The molecule has 1 aromatic rings. The molecule has 110 valence electrons. The van der Waals surface area contributed by atoms with E-state index in [2.05, 4.69) is 10.6 Å². The summed E-state index contributed by atoms with van der Waals surface area (Å²) in [5.74, 6) is -2.27. The van der Waals surface area contributed by atoms with Gasteiger partial charge in [0.05, 0.1) is 5.69 Å². The molecule has 6 N–H and O–H groups in total. The van der Waals surface area contributed by atoms with Crippen LogP contribution in [0.25, 0.3) is 0 Å². The Labute approximate surface area is 117 Å². The van der Waals surface area contributed by atoms with Gasteiger partial charge in [-0.3, -0.25) is 14.9 Å². The number of carbonyl (C=O) groups excluding carboxylic acids is 3. The first-order chi connectivity index (χ1) is 9.83. The summed E-state index contributed by atoms with van der Waals surface area (Å²) in [5, 5.41) is 4.46. The average Bonchev–Trinajstić information content (AvgIpc) is 2.65. The summed E-state index contributed by atoms with van der Waals surface area (Å²) >= 11 is 0. The van der Waals surface area contributed by atoms with Crippen molar-refractivity contribution in [3.63, 3.8) is 0 Å². The molecule has 3 rings (SSSR count). The molecular formula is C12H11FN4O4. The molecule has 1 aromatic carbocycles. The molecule has 2 unspecified atom stereocenters. The topological polar surface area (TPSA) is 137 Å². The SMILES string of the molecule is NC(=O)C1CC2(NC(=O)NC2=O)c2cc(F)cc(N)c2O1. The number of hydrogen-bond donors (Lipinski definition) is 4. The lowest BCUT2D eigenvalue weighted by Crippen LogP contribution is -2.53. The molecule has 21 heavy (non-hydrogen) atoms. The highest BCUT2D eigenvalue weighted by molar-refractivity contribution is 6.08. The third-order valence-corrected chi connectivity index (χ3v) is 3.55. The predicted molar refractivity (Wildman–Crippen MR) is 67.4 cm³/mol. The Morgan fingerprint density at radius 1 is 1.43 bits per heavy atom. The van der Waals surface area contributed by atoms with Gasteiger partial charge in [0.1, 0.15) is 11.6 Å². The quantitative estimate of drug-likeness (QED) is 0.392. The van der Waals surface area contributed by atoms with Gasteiger partial charge in [-0.2, -0.15) is 0 Å². The van der Waals surface area contributed by atoms with Crippen LogP contribution in [0.1, 0.15) is 12.0 Å². The second-order valence-corrected chi connectivity index (χ2v) is 4.90. The molecule has 2 heterocycles. The van der Waals surface area contributed by atoms with Gasteiger partial charge < -0.3 is 21.5 Å². The third kappa shape index (κ3) is 1.77. The van der Waals surface area contributed by atoms with Crippen molar-refractivity contribution >= 4 is 23.5 Å². The number of nitrogens with two attached hydrogens (primary N) is 2. The van der Waals surface area contributed by atoms with Gasteiger partial charge >= 0.3 is 6.03 Å². The summed E-state index contributed by atoms with van der Waals surface area (Å²) in [6.07, 6.45) is -1.41. The molecule has 0 saturated carbocycles. The fourth-order valence-corrected chi connectivity index (χ4v) is 2.62. The smallest absolute Gasteiger partial charge is 0.322 e. The van der Waals surface area contributed by atoms with Gasteiger partial charge in [-0.15, -0.1) is 0 Å². The van der Waals surface area contributed by atoms with E-state index in [9.17, 15) is 18.8 Å². The number of urea groups is 1. The number of rotatable bonds is 1. The van der Waals surface area contributed by atoms with Crippen LogP contribution in [0.4, 0.5) is 14.9 Å². The van der Waals surface area contributed by atoms with Crippen LogP contribution in [0.5, 0.6) is 5.75 Å². The number of anilines is 1. The van der Waals surface area contributed by atoms with Crippen LogP contribution >= 0.6 is 0 Å². The summed E-state index contributed by atoms with van der Waals surface area (Å²) < 4.78 is 19.0. The maximum atomic E-state index is 13.6. The molecule has 0 radical (unpaired) electrons. The van der Waals surface area contributed by atoms with Crippen LogP contribution in [-0.2, 0) is 15.1 Å². The first-order valence-corrected chi connectivity index (χ1v) is 6.02. The first kappa shape index (κ1) is 13.2. The van der Waals surface area contributed by atoms with Crippen LogP contribution < -0.4 is 26.8 Å².